The summed E-state index contributed by atoms with van der Waals surface area (Å²) < 4.78 is 13.4. The highest BCUT2D eigenvalue weighted by molar-refractivity contribution is 6.33. The van der Waals surface area contributed by atoms with Gasteiger partial charge in [-0.05, 0) is 31.5 Å². The van der Waals surface area contributed by atoms with Gasteiger partial charge in [-0.25, -0.2) is 14.4 Å². The van der Waals surface area contributed by atoms with Crippen molar-refractivity contribution < 1.29 is 4.39 Å². The standard InChI is InChI=1S/C14H15ClFN3/c1-3-4-12-18-13(8(2)14(17)19-12)10-7-9(16)5-6-11(10)15/h5-7H,3-4H2,1-2H3,(H2,17,18,19). The van der Waals surface area contributed by atoms with E-state index < -0.39 is 0 Å². The third-order valence-electron chi connectivity index (χ3n) is 2.89. The summed E-state index contributed by atoms with van der Waals surface area (Å²) in [5, 5.41) is 0.449. The van der Waals surface area contributed by atoms with Crippen LogP contribution in [-0.2, 0) is 6.42 Å². The van der Waals surface area contributed by atoms with Gasteiger partial charge in [-0.15, -0.1) is 0 Å². The zero-order valence-corrected chi connectivity index (χ0v) is 11.6. The van der Waals surface area contributed by atoms with Crippen molar-refractivity contribution in [1.82, 2.24) is 9.97 Å². The van der Waals surface area contributed by atoms with Crippen LogP contribution in [0.2, 0.25) is 5.02 Å². The smallest absolute Gasteiger partial charge is 0.131 e. The number of benzene rings is 1. The minimum Gasteiger partial charge on any atom is -0.383 e. The van der Waals surface area contributed by atoms with Gasteiger partial charge in [-0.2, -0.15) is 0 Å². The highest BCUT2D eigenvalue weighted by atomic mass is 35.5. The molecule has 2 rings (SSSR count). The Labute approximate surface area is 116 Å². The van der Waals surface area contributed by atoms with E-state index in [2.05, 4.69) is 9.97 Å². The van der Waals surface area contributed by atoms with Crippen molar-refractivity contribution in [2.75, 3.05) is 5.73 Å². The summed E-state index contributed by atoms with van der Waals surface area (Å²) >= 11 is 6.12. The molecule has 0 aliphatic rings. The molecule has 1 aromatic carbocycles. The van der Waals surface area contributed by atoms with Crippen molar-refractivity contribution in [2.45, 2.75) is 26.7 Å². The average molecular weight is 280 g/mol. The Morgan fingerprint density at radius 3 is 2.74 bits per heavy atom. The zero-order valence-electron chi connectivity index (χ0n) is 10.9. The molecule has 2 aromatic rings. The molecule has 0 atom stereocenters. The summed E-state index contributed by atoms with van der Waals surface area (Å²) in [5.41, 5.74) is 7.75. The lowest BCUT2D eigenvalue weighted by molar-refractivity contribution is 0.628. The highest BCUT2D eigenvalue weighted by Gasteiger charge is 2.14. The van der Waals surface area contributed by atoms with E-state index in [0.717, 1.165) is 12.8 Å². The van der Waals surface area contributed by atoms with Crippen LogP contribution in [0, 0.1) is 12.7 Å². The highest BCUT2D eigenvalue weighted by Crippen LogP contribution is 2.31. The molecule has 0 aliphatic carbocycles. The number of nitrogen functional groups attached to an aromatic ring is 1. The van der Waals surface area contributed by atoms with E-state index in [9.17, 15) is 4.39 Å². The molecule has 0 fully saturated rings. The third kappa shape index (κ3) is 2.84. The van der Waals surface area contributed by atoms with Gasteiger partial charge in [-0.3, -0.25) is 0 Å². The Balaban J connectivity index is 2.63. The number of anilines is 1. The largest absolute Gasteiger partial charge is 0.383 e. The summed E-state index contributed by atoms with van der Waals surface area (Å²) in [6.07, 6.45) is 1.64. The van der Waals surface area contributed by atoms with Crippen LogP contribution in [0.1, 0.15) is 24.7 Å². The lowest BCUT2D eigenvalue weighted by atomic mass is 10.1. The topological polar surface area (TPSA) is 51.8 Å². The van der Waals surface area contributed by atoms with Crippen LogP contribution in [0.25, 0.3) is 11.3 Å². The molecule has 19 heavy (non-hydrogen) atoms. The van der Waals surface area contributed by atoms with Gasteiger partial charge in [0.05, 0.1) is 10.7 Å². The van der Waals surface area contributed by atoms with E-state index in [1.165, 1.54) is 18.2 Å². The molecule has 100 valence electrons. The predicted molar refractivity (Wildman–Crippen MR) is 75.6 cm³/mol. The Bertz CT molecular complexity index is 614. The fourth-order valence-electron chi connectivity index (χ4n) is 1.86. The molecule has 2 N–H and O–H groups in total. The van der Waals surface area contributed by atoms with E-state index in [0.29, 0.717) is 33.5 Å². The number of halogens is 2. The van der Waals surface area contributed by atoms with Gasteiger partial charge < -0.3 is 5.73 Å². The summed E-state index contributed by atoms with van der Waals surface area (Å²) in [4.78, 5) is 8.68. The summed E-state index contributed by atoms with van der Waals surface area (Å²) in [6.45, 7) is 3.84. The summed E-state index contributed by atoms with van der Waals surface area (Å²) in [6, 6.07) is 4.20. The van der Waals surface area contributed by atoms with Crippen molar-refractivity contribution >= 4 is 17.4 Å². The first-order valence-corrected chi connectivity index (χ1v) is 6.49. The minimum atomic E-state index is -0.354. The van der Waals surface area contributed by atoms with Crippen molar-refractivity contribution in [1.29, 1.82) is 0 Å². The van der Waals surface area contributed by atoms with Crippen LogP contribution in [0.3, 0.4) is 0 Å². The first-order chi connectivity index (χ1) is 9.02. The van der Waals surface area contributed by atoms with Gasteiger partial charge in [0, 0.05) is 17.5 Å². The summed E-state index contributed by atoms with van der Waals surface area (Å²) in [7, 11) is 0. The second-order valence-corrected chi connectivity index (χ2v) is 4.78. The number of nitrogens with two attached hydrogens (primary N) is 1. The molecule has 0 saturated heterocycles. The fourth-order valence-corrected chi connectivity index (χ4v) is 2.07. The maximum absolute atomic E-state index is 13.4. The van der Waals surface area contributed by atoms with Crippen molar-refractivity contribution in [3.63, 3.8) is 0 Å². The first kappa shape index (κ1) is 13.7. The maximum Gasteiger partial charge on any atom is 0.131 e. The zero-order chi connectivity index (χ0) is 14.0. The number of aromatic nitrogens is 2. The van der Waals surface area contributed by atoms with E-state index in [-0.39, 0.29) is 5.82 Å². The molecule has 0 unspecified atom stereocenters. The lowest BCUT2D eigenvalue weighted by Crippen LogP contribution is -2.05. The van der Waals surface area contributed by atoms with E-state index in [1.54, 1.807) is 0 Å². The monoisotopic (exact) mass is 279 g/mol. The normalized spacial score (nSPS) is 10.7. The SMILES string of the molecule is CCCc1nc(N)c(C)c(-c2cc(F)ccc2Cl)n1. The van der Waals surface area contributed by atoms with Crippen LogP contribution >= 0.6 is 11.6 Å². The van der Waals surface area contributed by atoms with Crippen LogP contribution in [-0.4, -0.2) is 9.97 Å². The molecule has 0 spiro atoms. The second kappa shape index (κ2) is 5.53. The van der Waals surface area contributed by atoms with Gasteiger partial charge in [0.25, 0.3) is 0 Å². The Hall–Kier alpha value is -1.68. The molecule has 3 nitrogen and oxygen atoms in total. The van der Waals surface area contributed by atoms with Gasteiger partial charge in [0.2, 0.25) is 0 Å². The molecule has 0 radical (unpaired) electrons. The van der Waals surface area contributed by atoms with Gasteiger partial charge >= 0.3 is 0 Å². The quantitative estimate of drug-likeness (QED) is 0.930. The number of rotatable bonds is 3. The Morgan fingerprint density at radius 2 is 2.05 bits per heavy atom. The molecule has 0 saturated carbocycles. The van der Waals surface area contributed by atoms with Crippen LogP contribution < -0.4 is 5.73 Å². The maximum atomic E-state index is 13.4. The van der Waals surface area contributed by atoms with E-state index in [4.69, 9.17) is 17.3 Å². The minimum absolute atomic E-state index is 0.354. The average Bonchev–Trinajstić information content (AvgIpc) is 2.37. The van der Waals surface area contributed by atoms with E-state index >= 15 is 0 Å². The van der Waals surface area contributed by atoms with Crippen LogP contribution in [0.4, 0.5) is 10.2 Å². The van der Waals surface area contributed by atoms with Gasteiger partial charge in [0.1, 0.15) is 17.5 Å². The molecule has 0 bridgehead atoms. The van der Waals surface area contributed by atoms with Crippen LogP contribution in [0.15, 0.2) is 18.2 Å². The Kier molecular flexibility index (Phi) is 4.00. The van der Waals surface area contributed by atoms with Gasteiger partial charge in [-0.1, -0.05) is 18.5 Å². The molecule has 1 heterocycles. The van der Waals surface area contributed by atoms with E-state index in [1.807, 2.05) is 13.8 Å². The van der Waals surface area contributed by atoms with Crippen molar-refractivity contribution in [3.05, 3.63) is 40.4 Å². The molecular formula is C14H15ClFN3. The molecular weight excluding hydrogens is 265 g/mol. The molecule has 1 aromatic heterocycles. The molecule has 0 amide bonds. The predicted octanol–water partition coefficient (Wildman–Crippen LogP) is 3.78. The number of hydrogen-bond donors (Lipinski definition) is 1. The van der Waals surface area contributed by atoms with Gasteiger partial charge in [0.15, 0.2) is 0 Å². The summed E-state index contributed by atoms with van der Waals surface area (Å²) in [5.74, 6) is 0.711. The number of hydrogen-bond acceptors (Lipinski definition) is 3. The van der Waals surface area contributed by atoms with Crippen LogP contribution in [0.5, 0.6) is 0 Å². The van der Waals surface area contributed by atoms with Crippen molar-refractivity contribution in [3.8, 4) is 11.3 Å². The number of aryl methyl sites for hydroxylation is 1. The fraction of sp³-hybridized carbons (Fsp3) is 0.286. The first-order valence-electron chi connectivity index (χ1n) is 6.11. The third-order valence-corrected chi connectivity index (χ3v) is 3.22. The lowest BCUT2D eigenvalue weighted by Gasteiger charge is -2.11. The second-order valence-electron chi connectivity index (χ2n) is 4.37. The van der Waals surface area contributed by atoms with Crippen molar-refractivity contribution in [2.24, 2.45) is 0 Å². The Morgan fingerprint density at radius 1 is 1.32 bits per heavy atom. The number of nitrogens with zero attached hydrogens (tertiary/aromatic N) is 2. The molecule has 0 aliphatic heterocycles. The molecule has 5 heteroatoms.